The minimum absolute atomic E-state index is 0.0329. The van der Waals surface area contributed by atoms with Gasteiger partial charge in [0.15, 0.2) is 11.5 Å². The summed E-state index contributed by atoms with van der Waals surface area (Å²) in [6, 6.07) is 13.4. The number of rotatable bonds is 6. The monoisotopic (exact) mass is 287 g/mol. The van der Waals surface area contributed by atoms with Gasteiger partial charge in [0.25, 0.3) is 0 Å². The Kier molecular flexibility index (Phi) is 5.20. The molecule has 0 aliphatic heterocycles. The van der Waals surface area contributed by atoms with Crippen molar-refractivity contribution in [3.05, 3.63) is 59.2 Å². The Bertz CT molecular complexity index is 598. The van der Waals surface area contributed by atoms with Gasteiger partial charge in [0, 0.05) is 6.54 Å². The number of hydrogen-bond acceptors (Lipinski definition) is 4. The van der Waals surface area contributed by atoms with Crippen LogP contribution in [0.5, 0.6) is 11.5 Å². The first kappa shape index (κ1) is 15.4. The van der Waals surface area contributed by atoms with E-state index in [-0.39, 0.29) is 12.7 Å². The predicted octanol–water partition coefficient (Wildman–Crippen LogP) is 2.57. The molecule has 112 valence electrons. The number of hydrogen-bond donors (Lipinski definition) is 2. The molecule has 0 heterocycles. The van der Waals surface area contributed by atoms with Crippen molar-refractivity contribution in [1.29, 1.82) is 0 Å². The SMILES string of the molecule is COc1cc(CO)ccc1OC(CN)c1cccc(C)c1. The van der Waals surface area contributed by atoms with Crippen LogP contribution in [-0.2, 0) is 6.61 Å². The average Bonchev–Trinajstić information content (AvgIpc) is 2.52. The second-order valence-electron chi connectivity index (χ2n) is 4.90. The molecule has 21 heavy (non-hydrogen) atoms. The fourth-order valence-electron chi connectivity index (χ4n) is 2.18. The van der Waals surface area contributed by atoms with E-state index in [9.17, 15) is 0 Å². The van der Waals surface area contributed by atoms with E-state index < -0.39 is 0 Å². The van der Waals surface area contributed by atoms with E-state index in [1.807, 2.05) is 31.2 Å². The quantitative estimate of drug-likeness (QED) is 0.857. The van der Waals surface area contributed by atoms with Gasteiger partial charge in [-0.3, -0.25) is 0 Å². The molecule has 1 atom stereocenters. The Morgan fingerprint density at radius 3 is 2.57 bits per heavy atom. The molecule has 0 saturated heterocycles. The van der Waals surface area contributed by atoms with Crippen molar-refractivity contribution in [2.75, 3.05) is 13.7 Å². The van der Waals surface area contributed by atoms with E-state index in [1.165, 1.54) is 0 Å². The summed E-state index contributed by atoms with van der Waals surface area (Å²) in [5, 5.41) is 9.17. The Hall–Kier alpha value is -2.04. The molecule has 2 rings (SSSR count). The van der Waals surface area contributed by atoms with Crippen molar-refractivity contribution < 1.29 is 14.6 Å². The van der Waals surface area contributed by atoms with Gasteiger partial charge in [-0.25, -0.2) is 0 Å². The highest BCUT2D eigenvalue weighted by Gasteiger charge is 2.15. The van der Waals surface area contributed by atoms with Crippen molar-refractivity contribution in [2.45, 2.75) is 19.6 Å². The lowest BCUT2D eigenvalue weighted by Crippen LogP contribution is -2.18. The van der Waals surface area contributed by atoms with Gasteiger partial charge in [-0.05, 0) is 30.2 Å². The third-order valence-corrected chi connectivity index (χ3v) is 3.31. The molecule has 0 saturated carbocycles. The van der Waals surface area contributed by atoms with Crippen molar-refractivity contribution in [2.24, 2.45) is 5.73 Å². The summed E-state index contributed by atoms with van der Waals surface area (Å²) in [5.74, 6) is 1.21. The first-order chi connectivity index (χ1) is 10.2. The van der Waals surface area contributed by atoms with Crippen LogP contribution in [-0.4, -0.2) is 18.8 Å². The minimum Gasteiger partial charge on any atom is -0.493 e. The number of aliphatic hydroxyl groups is 1. The van der Waals surface area contributed by atoms with Crippen LogP contribution in [0.15, 0.2) is 42.5 Å². The lowest BCUT2D eigenvalue weighted by molar-refractivity contribution is 0.204. The normalized spacial score (nSPS) is 12.0. The van der Waals surface area contributed by atoms with Crippen LogP contribution in [0, 0.1) is 6.92 Å². The molecule has 0 spiro atoms. The lowest BCUT2D eigenvalue weighted by Gasteiger charge is -2.20. The highest BCUT2D eigenvalue weighted by atomic mass is 16.5. The van der Waals surface area contributed by atoms with E-state index in [1.54, 1.807) is 19.2 Å². The van der Waals surface area contributed by atoms with Gasteiger partial charge < -0.3 is 20.3 Å². The largest absolute Gasteiger partial charge is 0.493 e. The van der Waals surface area contributed by atoms with Crippen molar-refractivity contribution in [3.8, 4) is 11.5 Å². The molecule has 4 nitrogen and oxygen atoms in total. The number of ether oxygens (including phenoxy) is 2. The molecule has 4 heteroatoms. The van der Waals surface area contributed by atoms with Gasteiger partial charge in [0.1, 0.15) is 6.10 Å². The Balaban J connectivity index is 2.26. The molecule has 2 aromatic carbocycles. The predicted molar refractivity (Wildman–Crippen MR) is 82.5 cm³/mol. The molecule has 0 bridgehead atoms. The van der Waals surface area contributed by atoms with Gasteiger partial charge in [0.2, 0.25) is 0 Å². The number of aliphatic hydroxyl groups excluding tert-OH is 1. The number of nitrogens with two attached hydrogens (primary N) is 1. The van der Waals surface area contributed by atoms with Crippen molar-refractivity contribution >= 4 is 0 Å². The summed E-state index contributed by atoms with van der Waals surface area (Å²) in [5.41, 5.74) is 8.82. The Morgan fingerprint density at radius 2 is 1.95 bits per heavy atom. The standard InChI is InChI=1S/C17H21NO3/c1-12-4-3-5-14(8-12)17(10-18)21-15-7-6-13(11-19)9-16(15)20-2/h3-9,17,19H,10-11,18H2,1-2H3. The van der Waals surface area contributed by atoms with Crippen LogP contribution in [0.1, 0.15) is 22.8 Å². The fraction of sp³-hybridized carbons (Fsp3) is 0.294. The molecule has 0 fully saturated rings. The van der Waals surface area contributed by atoms with Gasteiger partial charge >= 0.3 is 0 Å². The van der Waals surface area contributed by atoms with Crippen LogP contribution in [0.3, 0.4) is 0 Å². The van der Waals surface area contributed by atoms with Gasteiger partial charge in [-0.15, -0.1) is 0 Å². The van der Waals surface area contributed by atoms with Crippen LogP contribution in [0.2, 0.25) is 0 Å². The molecule has 1 unspecified atom stereocenters. The van der Waals surface area contributed by atoms with Crippen molar-refractivity contribution in [3.63, 3.8) is 0 Å². The second kappa shape index (κ2) is 7.11. The van der Waals surface area contributed by atoms with Gasteiger partial charge in [-0.2, -0.15) is 0 Å². The number of aryl methyl sites for hydroxylation is 1. The summed E-state index contributed by atoms with van der Waals surface area (Å²) in [4.78, 5) is 0. The highest BCUT2D eigenvalue weighted by molar-refractivity contribution is 5.43. The first-order valence-electron chi connectivity index (χ1n) is 6.89. The summed E-state index contributed by atoms with van der Waals surface area (Å²) in [6.07, 6.45) is -0.237. The maximum Gasteiger partial charge on any atom is 0.162 e. The smallest absolute Gasteiger partial charge is 0.162 e. The second-order valence-corrected chi connectivity index (χ2v) is 4.90. The highest BCUT2D eigenvalue weighted by Crippen LogP contribution is 2.32. The van der Waals surface area contributed by atoms with Crippen LogP contribution >= 0.6 is 0 Å². The van der Waals surface area contributed by atoms with Crippen LogP contribution in [0.25, 0.3) is 0 Å². The third-order valence-electron chi connectivity index (χ3n) is 3.31. The number of methoxy groups -OCH3 is 1. The van der Waals surface area contributed by atoms with Crippen LogP contribution < -0.4 is 15.2 Å². The zero-order valence-electron chi connectivity index (χ0n) is 12.4. The van der Waals surface area contributed by atoms with Crippen LogP contribution in [0.4, 0.5) is 0 Å². The van der Waals surface area contributed by atoms with E-state index in [2.05, 4.69) is 6.07 Å². The summed E-state index contributed by atoms with van der Waals surface area (Å²) >= 11 is 0. The minimum atomic E-state index is -0.237. The van der Waals surface area contributed by atoms with E-state index in [0.717, 1.165) is 16.7 Å². The Labute approximate surface area is 125 Å². The molecule has 0 radical (unpaired) electrons. The zero-order chi connectivity index (χ0) is 15.2. The molecule has 0 aliphatic carbocycles. The molecule has 0 aromatic heterocycles. The number of benzene rings is 2. The topological polar surface area (TPSA) is 64.7 Å². The summed E-state index contributed by atoms with van der Waals surface area (Å²) < 4.78 is 11.3. The van der Waals surface area contributed by atoms with E-state index in [4.69, 9.17) is 20.3 Å². The maximum atomic E-state index is 9.17. The molecular formula is C17H21NO3. The average molecular weight is 287 g/mol. The summed E-state index contributed by atoms with van der Waals surface area (Å²) in [7, 11) is 1.58. The summed E-state index contributed by atoms with van der Waals surface area (Å²) in [6.45, 7) is 2.37. The van der Waals surface area contributed by atoms with E-state index in [0.29, 0.717) is 18.0 Å². The third kappa shape index (κ3) is 3.74. The molecule has 0 aliphatic rings. The first-order valence-corrected chi connectivity index (χ1v) is 6.89. The molecular weight excluding hydrogens is 266 g/mol. The maximum absolute atomic E-state index is 9.17. The molecule has 3 N–H and O–H groups in total. The van der Waals surface area contributed by atoms with E-state index >= 15 is 0 Å². The van der Waals surface area contributed by atoms with Gasteiger partial charge in [0.05, 0.1) is 13.7 Å². The lowest BCUT2D eigenvalue weighted by atomic mass is 10.1. The molecule has 0 amide bonds. The molecule has 2 aromatic rings. The van der Waals surface area contributed by atoms with Crippen molar-refractivity contribution in [1.82, 2.24) is 0 Å². The fourth-order valence-corrected chi connectivity index (χ4v) is 2.18. The van der Waals surface area contributed by atoms with Gasteiger partial charge in [-0.1, -0.05) is 35.9 Å². The zero-order valence-corrected chi connectivity index (χ0v) is 12.4. The Morgan fingerprint density at radius 1 is 1.14 bits per heavy atom.